The van der Waals surface area contributed by atoms with Crippen LogP contribution in [0.4, 0.5) is 5.82 Å². The lowest BCUT2D eigenvalue weighted by atomic mass is 10.1. The van der Waals surface area contributed by atoms with Gasteiger partial charge in [-0.3, -0.25) is 4.68 Å². The van der Waals surface area contributed by atoms with E-state index in [4.69, 9.17) is 0 Å². The predicted molar refractivity (Wildman–Crippen MR) is 81.1 cm³/mol. The Hall–Kier alpha value is -2.35. The van der Waals surface area contributed by atoms with Crippen LogP contribution in [0.1, 0.15) is 35.7 Å². The first-order valence-electron chi connectivity index (χ1n) is 7.31. The minimum Gasteiger partial charge on any atom is -0.353 e. The number of rotatable bonds is 2. The second-order valence-electron chi connectivity index (χ2n) is 5.68. The Labute approximate surface area is 124 Å². The number of anilines is 1. The second kappa shape index (κ2) is 5.57. The van der Waals surface area contributed by atoms with Gasteiger partial charge in [-0.25, -0.2) is 4.98 Å². The van der Waals surface area contributed by atoms with Crippen LogP contribution >= 0.6 is 0 Å². The Morgan fingerprint density at radius 3 is 2.90 bits per heavy atom. The van der Waals surface area contributed by atoms with E-state index in [0.29, 0.717) is 11.6 Å². The zero-order valence-electron chi connectivity index (χ0n) is 12.5. The van der Waals surface area contributed by atoms with Crippen LogP contribution in [0.2, 0.25) is 0 Å². The number of nitrogens with zero attached hydrogens (tertiary/aromatic N) is 5. The number of nitriles is 1. The van der Waals surface area contributed by atoms with E-state index < -0.39 is 0 Å². The Balaban J connectivity index is 1.86. The van der Waals surface area contributed by atoms with Crippen LogP contribution in [0.5, 0.6) is 0 Å². The van der Waals surface area contributed by atoms with Gasteiger partial charge in [0.05, 0.1) is 17.8 Å². The van der Waals surface area contributed by atoms with Crippen molar-refractivity contribution in [3.63, 3.8) is 0 Å². The standard InChI is InChI=1S/C16H19N5/c1-12-9-18-21(10-12)15-4-3-7-20(11-15)16-14(8-17)6-5-13(2)19-16/h5-6,9-10,15H,3-4,7,11H2,1-2H3/t15-/m1/s1. The molecule has 0 spiro atoms. The molecule has 2 aromatic rings. The molecule has 0 saturated carbocycles. The highest BCUT2D eigenvalue weighted by Crippen LogP contribution is 2.27. The van der Waals surface area contributed by atoms with Crippen LogP contribution in [-0.4, -0.2) is 27.9 Å². The average Bonchev–Trinajstić information content (AvgIpc) is 2.94. The van der Waals surface area contributed by atoms with Gasteiger partial charge in [0.15, 0.2) is 0 Å². The highest BCUT2D eigenvalue weighted by Gasteiger charge is 2.24. The fourth-order valence-corrected chi connectivity index (χ4v) is 2.87. The largest absolute Gasteiger partial charge is 0.353 e. The monoisotopic (exact) mass is 281 g/mol. The highest BCUT2D eigenvalue weighted by atomic mass is 15.3. The van der Waals surface area contributed by atoms with Gasteiger partial charge < -0.3 is 4.90 Å². The minimum atomic E-state index is 0.348. The molecule has 3 heterocycles. The molecule has 0 amide bonds. The van der Waals surface area contributed by atoms with Crippen LogP contribution in [-0.2, 0) is 0 Å². The van der Waals surface area contributed by atoms with Crippen LogP contribution < -0.4 is 4.90 Å². The molecule has 0 bridgehead atoms. The third-order valence-corrected chi connectivity index (χ3v) is 3.94. The molecule has 1 saturated heterocycles. The average molecular weight is 281 g/mol. The molecular formula is C16H19N5. The van der Waals surface area contributed by atoms with Crippen LogP contribution in [0.15, 0.2) is 24.5 Å². The Kier molecular flexibility index (Phi) is 3.61. The molecular weight excluding hydrogens is 262 g/mol. The van der Waals surface area contributed by atoms with Crippen molar-refractivity contribution in [3.05, 3.63) is 41.3 Å². The summed E-state index contributed by atoms with van der Waals surface area (Å²) >= 11 is 0. The quantitative estimate of drug-likeness (QED) is 0.849. The molecule has 1 aliphatic rings. The number of aromatic nitrogens is 3. The molecule has 1 fully saturated rings. The number of aryl methyl sites for hydroxylation is 2. The lowest BCUT2D eigenvalue weighted by Gasteiger charge is -2.34. The molecule has 5 nitrogen and oxygen atoms in total. The molecule has 1 aliphatic heterocycles. The third-order valence-electron chi connectivity index (χ3n) is 3.94. The third kappa shape index (κ3) is 2.75. The molecule has 0 unspecified atom stereocenters. The van der Waals surface area contributed by atoms with Gasteiger partial charge >= 0.3 is 0 Å². The second-order valence-corrected chi connectivity index (χ2v) is 5.68. The molecule has 3 rings (SSSR count). The lowest BCUT2D eigenvalue weighted by Crippen LogP contribution is -2.37. The number of hydrogen-bond acceptors (Lipinski definition) is 4. The highest BCUT2D eigenvalue weighted by molar-refractivity contribution is 5.54. The van der Waals surface area contributed by atoms with Gasteiger partial charge in [-0.05, 0) is 44.4 Å². The summed E-state index contributed by atoms with van der Waals surface area (Å²) in [6.45, 7) is 5.82. The predicted octanol–water partition coefficient (Wildman–Crippen LogP) is 2.61. The maximum Gasteiger partial charge on any atom is 0.146 e. The van der Waals surface area contributed by atoms with E-state index in [-0.39, 0.29) is 0 Å². The summed E-state index contributed by atoms with van der Waals surface area (Å²) < 4.78 is 2.04. The molecule has 1 atom stereocenters. The maximum absolute atomic E-state index is 9.29. The molecule has 21 heavy (non-hydrogen) atoms. The van der Waals surface area contributed by atoms with Crippen molar-refractivity contribution < 1.29 is 0 Å². The first-order chi connectivity index (χ1) is 10.2. The van der Waals surface area contributed by atoms with Gasteiger partial charge in [-0.1, -0.05) is 0 Å². The Morgan fingerprint density at radius 1 is 1.33 bits per heavy atom. The van der Waals surface area contributed by atoms with Gasteiger partial charge in [-0.2, -0.15) is 10.4 Å². The van der Waals surface area contributed by atoms with Crippen LogP contribution in [0.25, 0.3) is 0 Å². The van der Waals surface area contributed by atoms with Crippen molar-refractivity contribution >= 4 is 5.82 Å². The smallest absolute Gasteiger partial charge is 0.146 e. The summed E-state index contributed by atoms with van der Waals surface area (Å²) in [7, 11) is 0. The zero-order valence-corrected chi connectivity index (χ0v) is 12.5. The molecule has 0 N–H and O–H groups in total. The van der Waals surface area contributed by atoms with Crippen molar-refractivity contribution in [2.45, 2.75) is 32.7 Å². The summed E-state index contributed by atoms with van der Waals surface area (Å²) in [6.07, 6.45) is 6.18. The van der Waals surface area contributed by atoms with Gasteiger partial charge in [0, 0.05) is 25.0 Å². The van der Waals surface area contributed by atoms with Crippen molar-refractivity contribution in [2.24, 2.45) is 0 Å². The Morgan fingerprint density at radius 2 is 2.19 bits per heavy atom. The summed E-state index contributed by atoms with van der Waals surface area (Å²) in [5.41, 5.74) is 2.78. The fraction of sp³-hybridized carbons (Fsp3) is 0.438. The normalized spacial score (nSPS) is 18.5. The van der Waals surface area contributed by atoms with Crippen LogP contribution in [0, 0.1) is 25.2 Å². The van der Waals surface area contributed by atoms with Gasteiger partial charge in [0.1, 0.15) is 11.9 Å². The zero-order chi connectivity index (χ0) is 14.8. The maximum atomic E-state index is 9.29. The first-order valence-corrected chi connectivity index (χ1v) is 7.31. The summed E-state index contributed by atoms with van der Waals surface area (Å²) in [6, 6.07) is 6.35. The van der Waals surface area contributed by atoms with Crippen molar-refractivity contribution in [3.8, 4) is 6.07 Å². The van der Waals surface area contributed by atoms with E-state index in [1.807, 2.05) is 29.9 Å². The molecule has 108 valence electrons. The molecule has 0 aliphatic carbocycles. The number of hydrogen-bond donors (Lipinski definition) is 0. The SMILES string of the molecule is Cc1cnn([C@@H]2CCCN(c3nc(C)ccc3C#N)C2)c1. The van der Waals surface area contributed by atoms with Crippen molar-refractivity contribution in [2.75, 3.05) is 18.0 Å². The minimum absolute atomic E-state index is 0.348. The molecule has 5 heteroatoms. The summed E-state index contributed by atoms with van der Waals surface area (Å²) in [4.78, 5) is 6.79. The van der Waals surface area contributed by atoms with Gasteiger partial charge in [0.25, 0.3) is 0 Å². The van der Waals surface area contributed by atoms with Crippen LogP contribution in [0.3, 0.4) is 0 Å². The molecule has 0 aromatic carbocycles. The van der Waals surface area contributed by atoms with E-state index in [2.05, 4.69) is 34.2 Å². The first kappa shape index (κ1) is 13.6. The molecule has 0 radical (unpaired) electrons. The van der Waals surface area contributed by atoms with E-state index in [1.54, 1.807) is 0 Å². The summed E-state index contributed by atoms with van der Waals surface area (Å²) in [5.74, 6) is 0.811. The fourth-order valence-electron chi connectivity index (χ4n) is 2.87. The van der Waals surface area contributed by atoms with E-state index in [0.717, 1.165) is 37.4 Å². The number of piperidine rings is 1. The molecule has 2 aromatic heterocycles. The van der Waals surface area contributed by atoms with E-state index in [1.165, 1.54) is 5.56 Å². The van der Waals surface area contributed by atoms with Crippen molar-refractivity contribution in [1.82, 2.24) is 14.8 Å². The lowest BCUT2D eigenvalue weighted by molar-refractivity contribution is 0.374. The van der Waals surface area contributed by atoms with Gasteiger partial charge in [0.2, 0.25) is 0 Å². The topological polar surface area (TPSA) is 57.7 Å². The van der Waals surface area contributed by atoms with E-state index in [9.17, 15) is 5.26 Å². The van der Waals surface area contributed by atoms with E-state index >= 15 is 0 Å². The Bertz CT molecular complexity index is 682. The van der Waals surface area contributed by atoms with Gasteiger partial charge in [-0.15, -0.1) is 0 Å². The van der Waals surface area contributed by atoms with Crippen molar-refractivity contribution in [1.29, 1.82) is 5.26 Å². The summed E-state index contributed by atoms with van der Waals surface area (Å²) in [5, 5.41) is 13.7. The number of pyridine rings is 1.